The van der Waals surface area contributed by atoms with Crippen molar-refractivity contribution in [2.45, 2.75) is 6.92 Å². The fourth-order valence-electron chi connectivity index (χ4n) is 5.45. The van der Waals surface area contributed by atoms with Gasteiger partial charge in [0.2, 0.25) is 0 Å². The average Bonchev–Trinajstić information content (AvgIpc) is 3.36. The van der Waals surface area contributed by atoms with E-state index in [0.29, 0.717) is 0 Å². The number of benzene rings is 4. The van der Waals surface area contributed by atoms with Crippen LogP contribution in [0.3, 0.4) is 0 Å². The van der Waals surface area contributed by atoms with Crippen LogP contribution in [0.4, 0.5) is 11.4 Å². The van der Waals surface area contributed by atoms with Gasteiger partial charge in [0, 0.05) is 24.3 Å². The van der Waals surface area contributed by atoms with E-state index in [4.69, 9.17) is 4.98 Å². The number of hydrogen-bond acceptors (Lipinski definition) is 2. The molecule has 3 heteroatoms. The summed E-state index contributed by atoms with van der Waals surface area (Å²) in [6.45, 7) is 2.17. The summed E-state index contributed by atoms with van der Waals surface area (Å²) in [4.78, 5) is 7.32. The number of aryl methyl sites for hydroxylation is 1. The second-order valence-corrected chi connectivity index (χ2v) is 8.60. The van der Waals surface area contributed by atoms with E-state index in [2.05, 4.69) is 108 Å². The molecule has 0 amide bonds. The topological polar surface area (TPSA) is 20.5 Å². The van der Waals surface area contributed by atoms with Gasteiger partial charge in [-0.15, -0.1) is 0 Å². The van der Waals surface area contributed by atoms with Crippen LogP contribution in [0, 0.1) is 6.92 Å². The molecule has 3 nitrogen and oxygen atoms in total. The maximum absolute atomic E-state index is 5.00. The third-order valence-electron chi connectivity index (χ3n) is 6.88. The monoisotopic (exact) mass is 411 g/mol. The lowest BCUT2D eigenvalue weighted by Gasteiger charge is -2.24. The number of imidazole rings is 1. The number of fused-ring (bicyclic) bond motifs is 6. The van der Waals surface area contributed by atoms with Crippen molar-refractivity contribution in [1.29, 1.82) is 0 Å². The molecular weight excluding hydrogens is 390 g/mol. The highest BCUT2D eigenvalue weighted by Crippen LogP contribution is 2.50. The number of aromatic nitrogens is 2. The van der Waals surface area contributed by atoms with Gasteiger partial charge in [-0.25, -0.2) is 4.98 Å². The Morgan fingerprint density at radius 2 is 1.47 bits per heavy atom. The van der Waals surface area contributed by atoms with Gasteiger partial charge in [-0.2, -0.15) is 0 Å². The molecule has 4 aromatic carbocycles. The minimum atomic E-state index is 0.971. The van der Waals surface area contributed by atoms with E-state index >= 15 is 0 Å². The third-order valence-corrected chi connectivity index (χ3v) is 6.88. The van der Waals surface area contributed by atoms with E-state index in [1.807, 2.05) is 6.07 Å². The van der Waals surface area contributed by atoms with Gasteiger partial charge >= 0.3 is 0 Å². The van der Waals surface area contributed by atoms with Crippen molar-refractivity contribution < 1.29 is 0 Å². The van der Waals surface area contributed by atoms with Crippen LogP contribution in [-0.2, 0) is 0 Å². The summed E-state index contributed by atoms with van der Waals surface area (Å²) in [6, 6.07) is 30.5. The summed E-state index contributed by atoms with van der Waals surface area (Å²) in [5.41, 5.74) is 12.0. The van der Waals surface area contributed by atoms with E-state index in [-0.39, 0.29) is 0 Å². The summed E-state index contributed by atoms with van der Waals surface area (Å²) in [5.74, 6) is 0. The average molecular weight is 412 g/mol. The van der Waals surface area contributed by atoms with E-state index in [0.717, 1.165) is 22.4 Å². The van der Waals surface area contributed by atoms with E-state index in [1.165, 1.54) is 44.3 Å². The second-order valence-electron chi connectivity index (χ2n) is 8.60. The predicted molar refractivity (Wildman–Crippen MR) is 134 cm³/mol. The molecule has 0 radical (unpaired) electrons. The van der Waals surface area contributed by atoms with Gasteiger partial charge in [0.25, 0.3) is 0 Å². The van der Waals surface area contributed by atoms with Gasteiger partial charge in [0.1, 0.15) is 11.2 Å². The number of nitrogens with zero attached hydrogens (tertiary/aromatic N) is 3. The van der Waals surface area contributed by atoms with Crippen molar-refractivity contribution in [2.24, 2.45) is 0 Å². The van der Waals surface area contributed by atoms with E-state index < -0.39 is 0 Å². The summed E-state index contributed by atoms with van der Waals surface area (Å²) in [6.07, 6.45) is 2.08. The molecule has 32 heavy (non-hydrogen) atoms. The molecule has 152 valence electrons. The van der Waals surface area contributed by atoms with Gasteiger partial charge < -0.3 is 4.90 Å². The van der Waals surface area contributed by atoms with Crippen molar-refractivity contribution in [3.8, 4) is 22.3 Å². The Kier molecular flexibility index (Phi) is 3.41. The first-order valence-corrected chi connectivity index (χ1v) is 11.0. The van der Waals surface area contributed by atoms with Crippen molar-refractivity contribution in [3.05, 3.63) is 96.7 Å². The van der Waals surface area contributed by atoms with Crippen LogP contribution in [0.5, 0.6) is 0 Å². The number of pyridine rings is 1. The normalized spacial score (nSPS) is 12.1. The van der Waals surface area contributed by atoms with Crippen LogP contribution in [0.25, 0.3) is 49.7 Å². The van der Waals surface area contributed by atoms with Gasteiger partial charge in [-0.05, 0) is 64.4 Å². The van der Waals surface area contributed by atoms with Gasteiger partial charge in [0.15, 0.2) is 0 Å². The molecule has 0 aliphatic heterocycles. The summed E-state index contributed by atoms with van der Waals surface area (Å²) in [5, 5.41) is 2.62. The Labute approximate surface area is 186 Å². The van der Waals surface area contributed by atoms with Crippen LogP contribution in [-0.4, -0.2) is 16.4 Å². The number of rotatable bonds is 2. The highest BCUT2D eigenvalue weighted by Gasteiger charge is 2.24. The predicted octanol–water partition coefficient (Wildman–Crippen LogP) is 7.36. The molecule has 2 heterocycles. The highest BCUT2D eigenvalue weighted by molar-refractivity contribution is 6.19. The molecule has 0 bridgehead atoms. The molecule has 0 spiro atoms. The molecule has 1 aliphatic rings. The minimum absolute atomic E-state index is 0.971. The van der Waals surface area contributed by atoms with Gasteiger partial charge in [-0.1, -0.05) is 60.7 Å². The lowest BCUT2D eigenvalue weighted by molar-refractivity contribution is 1.20. The molecule has 0 unspecified atom stereocenters. The zero-order chi connectivity index (χ0) is 21.4. The molecule has 0 N–H and O–H groups in total. The maximum atomic E-state index is 5.00. The molecule has 0 fully saturated rings. The van der Waals surface area contributed by atoms with Crippen LogP contribution in [0.1, 0.15) is 5.56 Å². The van der Waals surface area contributed by atoms with Crippen LogP contribution in [0.2, 0.25) is 0 Å². The number of anilines is 2. The first-order valence-electron chi connectivity index (χ1n) is 11.0. The zero-order valence-electron chi connectivity index (χ0n) is 18.0. The lowest BCUT2D eigenvalue weighted by atomic mass is 10.0. The first kappa shape index (κ1) is 17.6. The van der Waals surface area contributed by atoms with E-state index in [1.54, 1.807) is 0 Å². The van der Waals surface area contributed by atoms with Crippen LogP contribution in [0.15, 0.2) is 91.1 Å². The summed E-state index contributed by atoms with van der Waals surface area (Å²) in [7, 11) is 2.16. The Morgan fingerprint density at radius 1 is 0.719 bits per heavy atom. The Bertz CT molecular complexity index is 1680. The fraction of sp³-hybridized carbons (Fsp3) is 0.0690. The Hall–Kier alpha value is -4.11. The molecule has 7 rings (SSSR count). The maximum Gasteiger partial charge on any atom is 0.137 e. The van der Waals surface area contributed by atoms with Crippen molar-refractivity contribution >= 4 is 38.8 Å². The zero-order valence-corrected chi connectivity index (χ0v) is 18.0. The molecule has 0 saturated heterocycles. The van der Waals surface area contributed by atoms with E-state index in [9.17, 15) is 0 Å². The second kappa shape index (κ2) is 6.21. The van der Waals surface area contributed by atoms with Crippen LogP contribution < -0.4 is 4.90 Å². The summed E-state index contributed by atoms with van der Waals surface area (Å²) >= 11 is 0. The highest BCUT2D eigenvalue weighted by atomic mass is 15.1. The number of hydrogen-bond donors (Lipinski definition) is 0. The first-order chi connectivity index (χ1) is 15.7. The molecule has 0 atom stereocenters. The van der Waals surface area contributed by atoms with Crippen LogP contribution >= 0.6 is 0 Å². The lowest BCUT2D eigenvalue weighted by Crippen LogP contribution is -2.12. The Balaban J connectivity index is 1.51. The van der Waals surface area contributed by atoms with Gasteiger partial charge in [-0.3, -0.25) is 4.40 Å². The molecular formula is C29H21N3. The Morgan fingerprint density at radius 3 is 2.31 bits per heavy atom. The summed E-state index contributed by atoms with van der Waals surface area (Å²) < 4.78 is 2.16. The van der Waals surface area contributed by atoms with Crippen molar-refractivity contribution in [2.75, 3.05) is 11.9 Å². The third kappa shape index (κ3) is 2.17. The van der Waals surface area contributed by atoms with Crippen molar-refractivity contribution in [1.82, 2.24) is 9.38 Å². The van der Waals surface area contributed by atoms with Crippen molar-refractivity contribution in [3.63, 3.8) is 0 Å². The SMILES string of the molecule is Cc1ccc2c(nc3ccccn32)c1N(C)c1ccc2c3c(cccc13)-c1ccccc1-2. The molecule has 6 aromatic rings. The molecule has 0 saturated carbocycles. The fourth-order valence-corrected chi connectivity index (χ4v) is 5.45. The molecule has 2 aromatic heterocycles. The molecule has 1 aliphatic carbocycles. The quantitative estimate of drug-likeness (QED) is 0.296. The smallest absolute Gasteiger partial charge is 0.137 e. The largest absolute Gasteiger partial charge is 0.342 e. The minimum Gasteiger partial charge on any atom is -0.342 e. The standard InChI is InChI=1S/C29H21N3/c1-18-13-15-25-28(30-26-12-5-6-17-32(25)26)29(18)31(2)24-16-14-22-20-9-4-3-8-19(20)21-10-7-11-23(24)27(21)22/h3-17H,1-2H3. The van der Waals surface area contributed by atoms with Gasteiger partial charge in [0.05, 0.1) is 11.2 Å².